The first-order chi connectivity index (χ1) is 5.79. The molecule has 1 atom stereocenters. The summed E-state index contributed by atoms with van der Waals surface area (Å²) >= 11 is 1.45. The van der Waals surface area contributed by atoms with Crippen molar-refractivity contribution >= 4 is 17.3 Å². The zero-order valence-corrected chi connectivity index (χ0v) is 7.23. The molecule has 1 aromatic rings. The lowest BCUT2D eigenvalue weighted by Crippen LogP contribution is -2.35. The van der Waals surface area contributed by atoms with Crippen molar-refractivity contribution in [2.75, 3.05) is 6.54 Å². The molecule has 0 aliphatic carbocycles. The van der Waals surface area contributed by atoms with E-state index in [-0.39, 0.29) is 6.04 Å². The van der Waals surface area contributed by atoms with Gasteiger partial charge in [-0.15, -0.1) is 0 Å². The van der Waals surface area contributed by atoms with Gasteiger partial charge in [0.05, 0.1) is 5.56 Å². The molecule has 3 nitrogen and oxygen atoms in total. The van der Waals surface area contributed by atoms with Crippen molar-refractivity contribution in [1.82, 2.24) is 5.32 Å². The van der Waals surface area contributed by atoms with Crippen LogP contribution in [0.2, 0.25) is 0 Å². The molecule has 0 spiro atoms. The fourth-order valence-electron chi connectivity index (χ4n) is 1.30. The quantitative estimate of drug-likeness (QED) is 0.730. The Labute approximate surface area is 74.0 Å². The summed E-state index contributed by atoms with van der Waals surface area (Å²) in [4.78, 5) is 10.7. The van der Waals surface area contributed by atoms with E-state index >= 15 is 0 Å². The van der Waals surface area contributed by atoms with Crippen molar-refractivity contribution in [1.29, 1.82) is 0 Å². The van der Waals surface area contributed by atoms with Crippen LogP contribution >= 0.6 is 11.3 Å². The maximum absolute atomic E-state index is 10.7. The molecular weight excluding hydrogens is 174 g/mol. The summed E-state index contributed by atoms with van der Waals surface area (Å²) in [5.74, 6) is -0.819. The molecule has 1 aromatic heterocycles. The Balaban J connectivity index is 2.29. The molecule has 2 heterocycles. The van der Waals surface area contributed by atoms with Gasteiger partial charge in [0.2, 0.25) is 0 Å². The van der Waals surface area contributed by atoms with Crippen LogP contribution in [0, 0.1) is 0 Å². The van der Waals surface area contributed by atoms with Crippen molar-refractivity contribution in [2.24, 2.45) is 0 Å². The van der Waals surface area contributed by atoms with E-state index in [0.29, 0.717) is 5.56 Å². The molecule has 0 saturated carbocycles. The minimum Gasteiger partial charge on any atom is -0.478 e. The Morgan fingerprint density at radius 1 is 1.67 bits per heavy atom. The summed E-state index contributed by atoms with van der Waals surface area (Å²) < 4.78 is 0. The van der Waals surface area contributed by atoms with Crippen molar-refractivity contribution in [3.05, 3.63) is 21.9 Å². The van der Waals surface area contributed by atoms with Crippen LogP contribution in [0.25, 0.3) is 0 Å². The molecule has 2 rings (SSSR count). The molecule has 0 aromatic carbocycles. The lowest BCUT2D eigenvalue weighted by atomic mass is 9.97. The first-order valence-corrected chi connectivity index (χ1v) is 4.76. The second-order valence-corrected chi connectivity index (χ2v) is 3.58. The lowest BCUT2D eigenvalue weighted by Gasteiger charge is -2.27. The maximum Gasteiger partial charge on any atom is 0.336 e. The Hall–Kier alpha value is -0.870. The molecule has 1 saturated heterocycles. The molecule has 2 N–H and O–H groups in total. The molecule has 0 bridgehead atoms. The van der Waals surface area contributed by atoms with Crippen LogP contribution in [0.3, 0.4) is 0 Å². The van der Waals surface area contributed by atoms with E-state index in [1.54, 1.807) is 5.38 Å². The highest BCUT2D eigenvalue weighted by Gasteiger charge is 2.24. The molecule has 64 valence electrons. The summed E-state index contributed by atoms with van der Waals surface area (Å²) in [6, 6.07) is 0.280. The molecule has 0 radical (unpaired) electrons. The second kappa shape index (κ2) is 2.88. The van der Waals surface area contributed by atoms with Crippen LogP contribution in [0.15, 0.2) is 10.8 Å². The number of hydrogen-bond donors (Lipinski definition) is 2. The van der Waals surface area contributed by atoms with Gasteiger partial charge in [0, 0.05) is 11.4 Å². The van der Waals surface area contributed by atoms with E-state index < -0.39 is 5.97 Å². The molecular formula is C8H9NO2S. The number of thiophene rings is 1. The first kappa shape index (κ1) is 7.76. The van der Waals surface area contributed by atoms with Crippen molar-refractivity contribution in [3.8, 4) is 0 Å². The van der Waals surface area contributed by atoms with Crippen LogP contribution < -0.4 is 5.32 Å². The summed E-state index contributed by atoms with van der Waals surface area (Å²) in [6.07, 6.45) is 1.05. The van der Waals surface area contributed by atoms with Gasteiger partial charge >= 0.3 is 5.97 Å². The van der Waals surface area contributed by atoms with Gasteiger partial charge in [0.15, 0.2) is 0 Å². The SMILES string of the molecule is O=C(O)c1cscc1C1CCN1. The van der Waals surface area contributed by atoms with Gasteiger partial charge in [0.25, 0.3) is 0 Å². The summed E-state index contributed by atoms with van der Waals surface area (Å²) in [5, 5.41) is 15.6. The van der Waals surface area contributed by atoms with Crippen LogP contribution in [-0.2, 0) is 0 Å². The molecule has 0 amide bonds. The van der Waals surface area contributed by atoms with Gasteiger partial charge in [-0.1, -0.05) is 0 Å². The van der Waals surface area contributed by atoms with Crippen molar-refractivity contribution in [3.63, 3.8) is 0 Å². The van der Waals surface area contributed by atoms with E-state index in [9.17, 15) is 4.79 Å². The molecule has 1 fully saturated rings. The van der Waals surface area contributed by atoms with Gasteiger partial charge in [-0.25, -0.2) is 4.79 Å². The monoisotopic (exact) mass is 183 g/mol. The lowest BCUT2D eigenvalue weighted by molar-refractivity contribution is 0.0694. The number of hydrogen-bond acceptors (Lipinski definition) is 3. The second-order valence-electron chi connectivity index (χ2n) is 2.84. The number of nitrogens with one attached hydrogen (secondary N) is 1. The maximum atomic E-state index is 10.7. The highest BCUT2D eigenvalue weighted by atomic mass is 32.1. The van der Waals surface area contributed by atoms with Crippen LogP contribution in [0.1, 0.15) is 28.4 Å². The molecule has 12 heavy (non-hydrogen) atoms. The number of carboxylic acid groups (broad SMARTS) is 1. The molecule has 4 heteroatoms. The molecule has 1 aliphatic rings. The third-order valence-corrected chi connectivity index (χ3v) is 2.88. The Morgan fingerprint density at radius 2 is 2.42 bits per heavy atom. The first-order valence-electron chi connectivity index (χ1n) is 3.82. The van der Waals surface area contributed by atoms with E-state index in [0.717, 1.165) is 18.5 Å². The number of aromatic carboxylic acids is 1. The largest absolute Gasteiger partial charge is 0.478 e. The zero-order chi connectivity index (χ0) is 8.55. The Bertz CT molecular complexity index is 304. The zero-order valence-electron chi connectivity index (χ0n) is 6.41. The Kier molecular flexibility index (Phi) is 1.86. The van der Waals surface area contributed by atoms with E-state index in [1.807, 2.05) is 5.38 Å². The number of rotatable bonds is 2. The van der Waals surface area contributed by atoms with E-state index in [4.69, 9.17) is 5.11 Å². The minimum atomic E-state index is -0.819. The van der Waals surface area contributed by atoms with Gasteiger partial charge < -0.3 is 10.4 Å². The minimum absolute atomic E-state index is 0.280. The fourth-order valence-corrected chi connectivity index (χ4v) is 2.18. The Morgan fingerprint density at radius 3 is 2.92 bits per heavy atom. The number of carbonyl (C=O) groups is 1. The van der Waals surface area contributed by atoms with Crippen LogP contribution in [-0.4, -0.2) is 17.6 Å². The predicted octanol–water partition coefficient (Wildman–Crippen LogP) is 1.48. The van der Waals surface area contributed by atoms with Gasteiger partial charge in [-0.05, 0) is 23.9 Å². The number of carboxylic acids is 1. The average Bonchev–Trinajstić information content (AvgIpc) is 2.31. The summed E-state index contributed by atoms with van der Waals surface area (Å²) in [7, 11) is 0. The topological polar surface area (TPSA) is 49.3 Å². The third-order valence-electron chi connectivity index (χ3n) is 2.12. The standard InChI is InChI=1S/C8H9NO2S/c10-8(11)6-4-12-3-5(6)7-1-2-9-7/h3-4,7,9H,1-2H2,(H,10,11). The van der Waals surface area contributed by atoms with Gasteiger partial charge in [-0.2, -0.15) is 11.3 Å². The summed E-state index contributed by atoms with van der Waals surface area (Å²) in [5.41, 5.74) is 1.40. The highest BCUT2D eigenvalue weighted by Crippen LogP contribution is 2.28. The van der Waals surface area contributed by atoms with E-state index in [2.05, 4.69) is 5.32 Å². The van der Waals surface area contributed by atoms with Crippen molar-refractivity contribution in [2.45, 2.75) is 12.5 Å². The summed E-state index contributed by atoms with van der Waals surface area (Å²) in [6.45, 7) is 1.000. The highest BCUT2D eigenvalue weighted by molar-refractivity contribution is 7.08. The van der Waals surface area contributed by atoms with E-state index in [1.165, 1.54) is 11.3 Å². The average molecular weight is 183 g/mol. The van der Waals surface area contributed by atoms with Gasteiger partial charge in [-0.3, -0.25) is 0 Å². The normalized spacial score (nSPS) is 21.8. The van der Waals surface area contributed by atoms with Gasteiger partial charge in [0.1, 0.15) is 0 Å². The fraction of sp³-hybridized carbons (Fsp3) is 0.375. The smallest absolute Gasteiger partial charge is 0.336 e. The van der Waals surface area contributed by atoms with Crippen LogP contribution in [0.5, 0.6) is 0 Å². The predicted molar refractivity (Wildman–Crippen MR) is 46.6 cm³/mol. The molecule has 1 unspecified atom stereocenters. The molecule has 1 aliphatic heterocycles. The van der Waals surface area contributed by atoms with Crippen LogP contribution in [0.4, 0.5) is 0 Å². The van der Waals surface area contributed by atoms with Crippen molar-refractivity contribution < 1.29 is 9.90 Å². The third kappa shape index (κ3) is 1.13.